The van der Waals surface area contributed by atoms with E-state index in [2.05, 4.69) is 5.32 Å². The van der Waals surface area contributed by atoms with Gasteiger partial charge in [-0.25, -0.2) is 4.98 Å². The van der Waals surface area contributed by atoms with E-state index in [1.54, 1.807) is 35.6 Å². The first-order chi connectivity index (χ1) is 16.1. The van der Waals surface area contributed by atoms with Crippen LogP contribution in [0, 0.1) is 0 Å². The Labute approximate surface area is 194 Å². The van der Waals surface area contributed by atoms with Gasteiger partial charge in [-0.2, -0.15) is 0 Å². The summed E-state index contributed by atoms with van der Waals surface area (Å²) < 4.78 is 0. The van der Waals surface area contributed by atoms with Crippen molar-refractivity contribution >= 4 is 29.1 Å². The number of hydrogen-bond acceptors (Lipinski definition) is 5. The van der Waals surface area contributed by atoms with E-state index in [9.17, 15) is 14.4 Å². The highest BCUT2D eigenvalue weighted by atomic mass is 32.1. The summed E-state index contributed by atoms with van der Waals surface area (Å²) in [5.74, 6) is -1.27. The normalized spacial score (nSPS) is 12.7. The Morgan fingerprint density at radius 3 is 2.24 bits per heavy atom. The second kappa shape index (κ2) is 8.80. The Balaban J connectivity index is 1.23. The predicted octanol–water partition coefficient (Wildman–Crippen LogP) is 4.39. The summed E-state index contributed by atoms with van der Waals surface area (Å²) >= 11 is 1.57. The average Bonchev–Trinajstić information content (AvgIpc) is 3.44. The van der Waals surface area contributed by atoms with E-state index in [0.29, 0.717) is 11.1 Å². The standard InChI is InChI=1S/C26H19N3O3S/c30-23(15-29-25(31)20-11-4-5-12-21(20)26(29)32)27-14-17-7-6-10-19(13-17)24-28-22(16-33-24)18-8-2-1-3-9-18/h1-13,16H,14-15H2,(H,27,30). The molecule has 6 nitrogen and oxygen atoms in total. The van der Waals surface area contributed by atoms with E-state index >= 15 is 0 Å². The van der Waals surface area contributed by atoms with Gasteiger partial charge in [0.15, 0.2) is 0 Å². The van der Waals surface area contributed by atoms with Gasteiger partial charge in [-0.1, -0.05) is 60.7 Å². The third-order valence-corrected chi connectivity index (χ3v) is 6.31. The smallest absolute Gasteiger partial charge is 0.262 e. The van der Waals surface area contributed by atoms with Gasteiger partial charge < -0.3 is 5.32 Å². The summed E-state index contributed by atoms with van der Waals surface area (Å²) in [5, 5.41) is 5.73. The maximum atomic E-state index is 12.5. The number of nitrogens with zero attached hydrogens (tertiary/aromatic N) is 2. The molecule has 3 amide bonds. The molecule has 33 heavy (non-hydrogen) atoms. The fourth-order valence-electron chi connectivity index (χ4n) is 3.75. The molecule has 5 rings (SSSR count). The van der Waals surface area contributed by atoms with Crippen LogP contribution in [-0.4, -0.2) is 34.2 Å². The molecule has 0 aliphatic carbocycles. The number of aromatic nitrogens is 1. The molecule has 0 atom stereocenters. The van der Waals surface area contributed by atoms with Crippen LogP contribution in [0.25, 0.3) is 21.8 Å². The van der Waals surface area contributed by atoms with Gasteiger partial charge in [0.1, 0.15) is 11.6 Å². The number of benzene rings is 3. The van der Waals surface area contributed by atoms with Crippen molar-refractivity contribution in [3.63, 3.8) is 0 Å². The van der Waals surface area contributed by atoms with E-state index in [1.807, 2.05) is 60.0 Å². The van der Waals surface area contributed by atoms with Crippen LogP contribution in [0.3, 0.4) is 0 Å². The molecule has 3 aromatic carbocycles. The summed E-state index contributed by atoms with van der Waals surface area (Å²) in [4.78, 5) is 43.1. The zero-order valence-electron chi connectivity index (χ0n) is 17.5. The average molecular weight is 454 g/mol. The summed E-state index contributed by atoms with van der Waals surface area (Å²) in [6, 6.07) is 24.4. The number of rotatable bonds is 6. The Morgan fingerprint density at radius 2 is 1.52 bits per heavy atom. The lowest BCUT2D eigenvalue weighted by atomic mass is 10.1. The van der Waals surface area contributed by atoms with Crippen molar-refractivity contribution in [3.8, 4) is 21.8 Å². The molecule has 1 N–H and O–H groups in total. The van der Waals surface area contributed by atoms with Crippen molar-refractivity contribution in [1.82, 2.24) is 15.2 Å². The van der Waals surface area contributed by atoms with Gasteiger partial charge in [0, 0.05) is 23.1 Å². The van der Waals surface area contributed by atoms with Gasteiger partial charge in [-0.3, -0.25) is 19.3 Å². The van der Waals surface area contributed by atoms with Crippen LogP contribution in [0.15, 0.2) is 84.2 Å². The number of carbonyl (C=O) groups is 3. The van der Waals surface area contributed by atoms with Crippen LogP contribution in [0.4, 0.5) is 0 Å². The van der Waals surface area contributed by atoms with E-state index in [-0.39, 0.29) is 13.1 Å². The highest BCUT2D eigenvalue weighted by Crippen LogP contribution is 2.29. The number of hydrogen-bond donors (Lipinski definition) is 1. The van der Waals surface area contributed by atoms with Gasteiger partial charge in [0.05, 0.1) is 16.8 Å². The number of fused-ring (bicyclic) bond motifs is 1. The van der Waals surface area contributed by atoms with Crippen molar-refractivity contribution in [2.75, 3.05) is 6.54 Å². The second-order valence-electron chi connectivity index (χ2n) is 7.62. The minimum absolute atomic E-state index is 0.284. The fourth-order valence-corrected chi connectivity index (χ4v) is 4.57. The number of thiazole rings is 1. The second-order valence-corrected chi connectivity index (χ2v) is 8.48. The van der Waals surface area contributed by atoms with Gasteiger partial charge in [-0.15, -0.1) is 11.3 Å². The van der Waals surface area contributed by atoms with Crippen LogP contribution in [0.1, 0.15) is 26.3 Å². The fraction of sp³-hybridized carbons (Fsp3) is 0.0769. The Morgan fingerprint density at radius 1 is 0.848 bits per heavy atom. The molecule has 0 spiro atoms. The summed E-state index contributed by atoms with van der Waals surface area (Å²) in [7, 11) is 0. The van der Waals surface area contributed by atoms with E-state index in [0.717, 1.165) is 32.3 Å². The molecule has 0 saturated heterocycles. The van der Waals surface area contributed by atoms with Crippen LogP contribution in [-0.2, 0) is 11.3 Å². The summed E-state index contributed by atoms with van der Waals surface area (Å²) in [5.41, 5.74) is 4.53. The molecule has 2 heterocycles. The lowest BCUT2D eigenvalue weighted by molar-refractivity contribution is -0.121. The molecule has 0 bridgehead atoms. The van der Waals surface area contributed by atoms with E-state index in [1.165, 1.54) is 0 Å². The number of carbonyl (C=O) groups excluding carboxylic acids is 3. The van der Waals surface area contributed by atoms with Gasteiger partial charge >= 0.3 is 0 Å². The third kappa shape index (κ3) is 4.18. The number of nitrogens with one attached hydrogen (secondary N) is 1. The highest BCUT2D eigenvalue weighted by molar-refractivity contribution is 7.13. The molecule has 162 valence electrons. The highest BCUT2D eigenvalue weighted by Gasteiger charge is 2.36. The zero-order chi connectivity index (χ0) is 22.8. The number of imide groups is 1. The van der Waals surface area contributed by atoms with Crippen molar-refractivity contribution in [3.05, 3.63) is 101 Å². The van der Waals surface area contributed by atoms with Crippen LogP contribution < -0.4 is 5.32 Å². The monoisotopic (exact) mass is 453 g/mol. The lowest BCUT2D eigenvalue weighted by Gasteiger charge is -2.13. The molecule has 1 aliphatic heterocycles. The first-order valence-corrected chi connectivity index (χ1v) is 11.3. The molecular weight excluding hydrogens is 434 g/mol. The van der Waals surface area contributed by atoms with Crippen LogP contribution in [0.2, 0.25) is 0 Å². The Hall–Kier alpha value is -4.10. The maximum Gasteiger partial charge on any atom is 0.262 e. The van der Waals surface area contributed by atoms with Crippen molar-refractivity contribution < 1.29 is 14.4 Å². The minimum Gasteiger partial charge on any atom is -0.350 e. The summed E-state index contributed by atoms with van der Waals surface area (Å²) in [6.07, 6.45) is 0. The Bertz CT molecular complexity index is 1330. The topological polar surface area (TPSA) is 79.4 Å². The van der Waals surface area contributed by atoms with Gasteiger partial charge in [-0.05, 0) is 23.8 Å². The molecule has 1 aliphatic rings. The minimum atomic E-state index is -0.439. The van der Waals surface area contributed by atoms with Crippen LogP contribution >= 0.6 is 11.3 Å². The molecule has 4 aromatic rings. The predicted molar refractivity (Wildman–Crippen MR) is 127 cm³/mol. The SMILES string of the molecule is O=C(CN1C(=O)c2ccccc2C1=O)NCc1cccc(-c2nc(-c3ccccc3)cs2)c1. The van der Waals surface area contributed by atoms with Crippen molar-refractivity contribution in [2.24, 2.45) is 0 Å². The van der Waals surface area contributed by atoms with Gasteiger partial charge in [0.2, 0.25) is 5.91 Å². The summed E-state index contributed by atoms with van der Waals surface area (Å²) in [6.45, 7) is -0.0221. The first kappa shape index (κ1) is 20.8. The Kier molecular flexibility index (Phi) is 5.54. The van der Waals surface area contributed by atoms with E-state index < -0.39 is 17.7 Å². The van der Waals surface area contributed by atoms with Gasteiger partial charge in [0.25, 0.3) is 11.8 Å². The molecule has 0 unspecified atom stereocenters. The molecule has 1 aromatic heterocycles. The zero-order valence-corrected chi connectivity index (χ0v) is 18.3. The van der Waals surface area contributed by atoms with Crippen molar-refractivity contribution in [2.45, 2.75) is 6.54 Å². The molecule has 0 saturated carbocycles. The van der Waals surface area contributed by atoms with E-state index in [4.69, 9.17) is 4.98 Å². The third-order valence-electron chi connectivity index (χ3n) is 5.42. The molecular formula is C26H19N3O3S. The van der Waals surface area contributed by atoms with Crippen molar-refractivity contribution in [1.29, 1.82) is 0 Å². The molecule has 7 heteroatoms. The van der Waals surface area contributed by atoms with Crippen LogP contribution in [0.5, 0.6) is 0 Å². The lowest BCUT2D eigenvalue weighted by Crippen LogP contribution is -2.40. The molecule has 0 fully saturated rings. The quantitative estimate of drug-likeness (QED) is 0.439. The largest absolute Gasteiger partial charge is 0.350 e. The molecule has 0 radical (unpaired) electrons. The number of amides is 3. The maximum absolute atomic E-state index is 12.5. The first-order valence-electron chi connectivity index (χ1n) is 10.4.